The molecule has 1 fully saturated rings. The molecule has 2 heterocycles. The molecule has 1 aliphatic heterocycles. The van der Waals surface area contributed by atoms with Gasteiger partial charge in [0.2, 0.25) is 5.89 Å². The van der Waals surface area contributed by atoms with Crippen LogP contribution in [0.4, 0.5) is 0 Å². The van der Waals surface area contributed by atoms with Gasteiger partial charge in [-0.05, 0) is 13.5 Å². The van der Waals surface area contributed by atoms with Gasteiger partial charge in [-0.3, -0.25) is 4.90 Å². The lowest BCUT2D eigenvalue weighted by Gasteiger charge is -2.36. The van der Waals surface area contributed by atoms with Gasteiger partial charge in [-0.25, -0.2) is 0 Å². The summed E-state index contributed by atoms with van der Waals surface area (Å²) in [6, 6.07) is 0.226. The van der Waals surface area contributed by atoms with Crippen LogP contribution in [0.1, 0.15) is 51.4 Å². The number of aromatic nitrogens is 2. The van der Waals surface area contributed by atoms with Crippen molar-refractivity contribution < 1.29 is 4.52 Å². The van der Waals surface area contributed by atoms with Gasteiger partial charge in [0.15, 0.2) is 5.82 Å². The van der Waals surface area contributed by atoms with Crippen LogP contribution in [0.2, 0.25) is 0 Å². The fourth-order valence-corrected chi connectivity index (χ4v) is 2.27. The van der Waals surface area contributed by atoms with Gasteiger partial charge in [0.25, 0.3) is 0 Å². The van der Waals surface area contributed by atoms with Gasteiger partial charge >= 0.3 is 0 Å². The molecular formula is C13H24N4O. The summed E-state index contributed by atoms with van der Waals surface area (Å²) < 4.78 is 5.38. The van der Waals surface area contributed by atoms with Crippen molar-refractivity contribution in [3.8, 4) is 0 Å². The largest absolute Gasteiger partial charge is 0.338 e. The monoisotopic (exact) mass is 252 g/mol. The number of hydrogen-bond acceptors (Lipinski definition) is 5. The minimum atomic E-state index is 0.226. The Morgan fingerprint density at radius 3 is 2.33 bits per heavy atom. The molecular weight excluding hydrogens is 228 g/mol. The fraction of sp³-hybridized carbons (Fsp3) is 0.846. The van der Waals surface area contributed by atoms with Crippen LogP contribution in [0.5, 0.6) is 0 Å². The zero-order valence-corrected chi connectivity index (χ0v) is 11.9. The molecule has 0 bridgehead atoms. The normalized spacial score (nSPS) is 20.5. The fourth-order valence-electron chi connectivity index (χ4n) is 2.27. The van der Waals surface area contributed by atoms with Crippen molar-refractivity contribution in [3.05, 3.63) is 11.7 Å². The average molecular weight is 252 g/mol. The van der Waals surface area contributed by atoms with Gasteiger partial charge in [0.1, 0.15) is 0 Å². The average Bonchev–Trinajstić information content (AvgIpc) is 2.88. The van der Waals surface area contributed by atoms with Gasteiger partial charge in [-0.1, -0.05) is 25.9 Å². The molecule has 102 valence electrons. The minimum absolute atomic E-state index is 0.226. The van der Waals surface area contributed by atoms with Crippen LogP contribution in [0.25, 0.3) is 0 Å². The van der Waals surface area contributed by atoms with E-state index in [0.717, 1.165) is 44.4 Å². The molecule has 18 heavy (non-hydrogen) atoms. The van der Waals surface area contributed by atoms with Crippen molar-refractivity contribution in [3.63, 3.8) is 0 Å². The van der Waals surface area contributed by atoms with Crippen LogP contribution in [-0.4, -0.2) is 52.7 Å². The van der Waals surface area contributed by atoms with Gasteiger partial charge in [0.05, 0.1) is 6.04 Å². The van der Waals surface area contributed by atoms with E-state index in [1.54, 1.807) is 0 Å². The number of nitrogens with zero attached hydrogens (tertiary/aromatic N) is 4. The summed E-state index contributed by atoms with van der Waals surface area (Å²) in [5, 5.41) is 4.04. The van der Waals surface area contributed by atoms with Crippen molar-refractivity contribution in [1.29, 1.82) is 0 Å². The molecule has 5 nitrogen and oxygen atoms in total. The van der Waals surface area contributed by atoms with Crippen LogP contribution < -0.4 is 0 Å². The molecule has 1 saturated heterocycles. The molecule has 2 rings (SSSR count). The molecule has 1 aromatic rings. The lowest BCUT2D eigenvalue weighted by molar-refractivity contribution is 0.0914. The van der Waals surface area contributed by atoms with E-state index in [1.807, 2.05) is 0 Å². The molecule has 0 spiro atoms. The zero-order chi connectivity index (χ0) is 13.1. The van der Waals surface area contributed by atoms with Crippen molar-refractivity contribution >= 4 is 0 Å². The third-order valence-corrected chi connectivity index (χ3v) is 3.73. The van der Waals surface area contributed by atoms with Crippen LogP contribution in [-0.2, 0) is 0 Å². The number of piperazine rings is 1. The molecule has 1 aliphatic rings. The molecule has 0 radical (unpaired) electrons. The predicted octanol–water partition coefficient (Wildman–Crippen LogP) is 1.89. The Balaban J connectivity index is 1.96. The Kier molecular flexibility index (Phi) is 4.35. The standard InChI is InChI=1S/C13H24N4O/c1-5-16-6-8-17(9-7-16)11(4)13-14-12(10(2)3)15-18-13/h10-11H,5-9H2,1-4H3. The Labute approximate surface area is 109 Å². The second-order valence-corrected chi connectivity index (χ2v) is 5.29. The maximum absolute atomic E-state index is 5.38. The zero-order valence-electron chi connectivity index (χ0n) is 11.9. The summed E-state index contributed by atoms with van der Waals surface area (Å²) in [6.45, 7) is 14.1. The SMILES string of the molecule is CCN1CCN(C(C)c2nc(C(C)C)no2)CC1. The Morgan fingerprint density at radius 2 is 1.83 bits per heavy atom. The molecule has 5 heteroatoms. The van der Waals surface area contributed by atoms with Crippen LogP contribution >= 0.6 is 0 Å². The van der Waals surface area contributed by atoms with Crippen LogP contribution in [0.15, 0.2) is 4.52 Å². The molecule has 1 aromatic heterocycles. The smallest absolute Gasteiger partial charge is 0.243 e. The first-order valence-corrected chi connectivity index (χ1v) is 6.91. The van der Waals surface area contributed by atoms with Crippen LogP contribution in [0, 0.1) is 0 Å². The summed E-state index contributed by atoms with van der Waals surface area (Å²) in [7, 11) is 0. The number of likely N-dealkylation sites (N-methyl/N-ethyl adjacent to an activating group) is 1. The van der Waals surface area contributed by atoms with E-state index in [2.05, 4.69) is 47.6 Å². The highest BCUT2D eigenvalue weighted by Gasteiger charge is 2.25. The second kappa shape index (κ2) is 5.80. The topological polar surface area (TPSA) is 45.4 Å². The Morgan fingerprint density at radius 1 is 1.17 bits per heavy atom. The first kappa shape index (κ1) is 13.5. The molecule has 1 atom stereocenters. The first-order chi connectivity index (χ1) is 8.61. The van der Waals surface area contributed by atoms with Crippen LogP contribution in [0.3, 0.4) is 0 Å². The summed E-state index contributed by atoms with van der Waals surface area (Å²) in [6.07, 6.45) is 0. The third-order valence-electron chi connectivity index (χ3n) is 3.73. The highest BCUT2D eigenvalue weighted by atomic mass is 16.5. The van der Waals surface area contributed by atoms with E-state index < -0.39 is 0 Å². The van der Waals surface area contributed by atoms with Crippen molar-refractivity contribution in [2.24, 2.45) is 0 Å². The highest BCUT2D eigenvalue weighted by molar-refractivity contribution is 4.96. The summed E-state index contributed by atoms with van der Waals surface area (Å²) in [5.74, 6) is 1.89. The molecule has 1 unspecified atom stereocenters. The van der Waals surface area contributed by atoms with Gasteiger partial charge < -0.3 is 9.42 Å². The first-order valence-electron chi connectivity index (χ1n) is 6.91. The maximum Gasteiger partial charge on any atom is 0.243 e. The van der Waals surface area contributed by atoms with Crippen molar-refractivity contribution in [2.75, 3.05) is 32.7 Å². The Bertz CT molecular complexity index is 369. The van der Waals surface area contributed by atoms with E-state index in [0.29, 0.717) is 5.92 Å². The van der Waals surface area contributed by atoms with E-state index in [-0.39, 0.29) is 6.04 Å². The molecule has 0 N–H and O–H groups in total. The number of rotatable bonds is 4. The van der Waals surface area contributed by atoms with Crippen molar-refractivity contribution in [1.82, 2.24) is 19.9 Å². The van der Waals surface area contributed by atoms with Crippen molar-refractivity contribution in [2.45, 2.75) is 39.7 Å². The van der Waals surface area contributed by atoms with E-state index in [9.17, 15) is 0 Å². The second-order valence-electron chi connectivity index (χ2n) is 5.29. The summed E-state index contributed by atoms with van der Waals surface area (Å²) >= 11 is 0. The summed E-state index contributed by atoms with van der Waals surface area (Å²) in [4.78, 5) is 9.38. The lowest BCUT2D eigenvalue weighted by atomic mass is 10.2. The van der Waals surface area contributed by atoms with E-state index in [1.165, 1.54) is 0 Å². The highest BCUT2D eigenvalue weighted by Crippen LogP contribution is 2.21. The number of hydrogen-bond donors (Lipinski definition) is 0. The summed E-state index contributed by atoms with van der Waals surface area (Å²) in [5.41, 5.74) is 0. The van der Waals surface area contributed by atoms with Gasteiger partial charge in [-0.2, -0.15) is 4.98 Å². The lowest BCUT2D eigenvalue weighted by Crippen LogP contribution is -2.46. The van der Waals surface area contributed by atoms with Gasteiger partial charge in [0, 0.05) is 32.1 Å². The third kappa shape index (κ3) is 2.90. The molecule has 0 aromatic carbocycles. The van der Waals surface area contributed by atoms with E-state index >= 15 is 0 Å². The maximum atomic E-state index is 5.38. The van der Waals surface area contributed by atoms with Gasteiger partial charge in [-0.15, -0.1) is 0 Å². The quantitative estimate of drug-likeness (QED) is 0.819. The molecule has 0 aliphatic carbocycles. The molecule has 0 saturated carbocycles. The molecule has 0 amide bonds. The Hall–Kier alpha value is -0.940. The predicted molar refractivity (Wildman–Crippen MR) is 70.5 cm³/mol. The van der Waals surface area contributed by atoms with E-state index in [4.69, 9.17) is 4.52 Å². The minimum Gasteiger partial charge on any atom is -0.338 e.